The molecule has 0 N–H and O–H groups in total. The summed E-state index contributed by atoms with van der Waals surface area (Å²) in [5.41, 5.74) is 2.16. The van der Waals surface area contributed by atoms with Crippen LogP contribution in [0.1, 0.15) is 23.1 Å². The minimum Gasteiger partial charge on any atom is -0.340 e. The molecule has 0 atom stereocenters. The summed E-state index contributed by atoms with van der Waals surface area (Å²) in [6, 6.07) is 0. The summed E-state index contributed by atoms with van der Waals surface area (Å²) in [5, 5.41) is 11.7. The number of allylic oxidation sites excluding steroid dienone is 3. The number of aryl methyl sites for hydroxylation is 2. The lowest BCUT2D eigenvalue weighted by molar-refractivity contribution is 0.376. The third-order valence-electron chi connectivity index (χ3n) is 3.11. The van der Waals surface area contributed by atoms with Gasteiger partial charge in [0.1, 0.15) is 0 Å². The lowest BCUT2D eigenvalue weighted by Gasteiger charge is -2.05. The molecule has 7 heteroatoms. The Morgan fingerprint density at radius 2 is 2.14 bits per heavy atom. The van der Waals surface area contributed by atoms with E-state index in [1.807, 2.05) is 39.4 Å². The van der Waals surface area contributed by atoms with Gasteiger partial charge in [-0.1, -0.05) is 28.6 Å². The van der Waals surface area contributed by atoms with Gasteiger partial charge in [0.05, 0.1) is 11.4 Å². The van der Waals surface area contributed by atoms with E-state index in [1.165, 1.54) is 0 Å². The van der Waals surface area contributed by atoms with Crippen LogP contribution in [0.3, 0.4) is 0 Å². The fourth-order valence-corrected chi connectivity index (χ4v) is 1.93. The van der Waals surface area contributed by atoms with Gasteiger partial charge in [0.2, 0.25) is 5.89 Å². The number of likely N-dealkylation sites (N-methyl/N-ethyl adjacent to an activating group) is 1. The number of fused-ring (bicyclic) bond motifs is 1. The molecule has 2 aromatic heterocycles. The Morgan fingerprint density at radius 3 is 2.82 bits per heavy atom. The van der Waals surface area contributed by atoms with Gasteiger partial charge in [0, 0.05) is 33.4 Å². The first-order chi connectivity index (χ1) is 10.6. The van der Waals surface area contributed by atoms with E-state index in [0.717, 1.165) is 36.6 Å². The number of aromatic nitrogens is 5. The maximum atomic E-state index is 4.82. The van der Waals surface area contributed by atoms with Crippen molar-refractivity contribution in [1.29, 1.82) is 0 Å². The molecule has 0 aliphatic heterocycles. The van der Waals surface area contributed by atoms with Crippen molar-refractivity contribution < 1.29 is 4.52 Å². The largest absolute Gasteiger partial charge is 0.340 e. The summed E-state index contributed by atoms with van der Waals surface area (Å²) in [5.74, 6) is 1.43. The molecule has 0 saturated heterocycles. The standard InChI is InChI=1S/C8H9N3.C7H13N3O/c1-11-8-6-4-2-3-5-7(8)9-10-11;1-6-8-7(9-11-6)4-5-10(2)3/h2-4,6H,5H2,1H3;4-5H2,1-3H3. The van der Waals surface area contributed by atoms with Crippen molar-refractivity contribution in [3.63, 3.8) is 0 Å². The quantitative estimate of drug-likeness (QED) is 0.854. The van der Waals surface area contributed by atoms with Crippen LogP contribution in [0.5, 0.6) is 0 Å². The average Bonchev–Trinajstić information content (AvgIpc) is 2.96. The van der Waals surface area contributed by atoms with Gasteiger partial charge in [-0.2, -0.15) is 4.98 Å². The van der Waals surface area contributed by atoms with Crippen LogP contribution in [0.25, 0.3) is 6.08 Å². The molecule has 0 fully saturated rings. The highest BCUT2D eigenvalue weighted by Crippen LogP contribution is 2.10. The zero-order valence-electron chi connectivity index (χ0n) is 13.5. The predicted molar refractivity (Wildman–Crippen MR) is 84.2 cm³/mol. The van der Waals surface area contributed by atoms with Gasteiger partial charge in [0.25, 0.3) is 0 Å². The SMILES string of the molecule is Cc1nc(CCN(C)C)no1.Cn1nnc2c1C=CC=CC2. The third-order valence-corrected chi connectivity index (χ3v) is 3.11. The van der Waals surface area contributed by atoms with E-state index in [9.17, 15) is 0 Å². The van der Waals surface area contributed by atoms with Crippen LogP contribution in [0.15, 0.2) is 22.8 Å². The van der Waals surface area contributed by atoms with Crippen molar-refractivity contribution in [3.8, 4) is 0 Å². The minimum absolute atomic E-state index is 0.638. The third kappa shape index (κ3) is 4.63. The van der Waals surface area contributed by atoms with E-state index in [0.29, 0.717) is 5.89 Å². The molecule has 0 amide bonds. The molecule has 2 aromatic rings. The lowest BCUT2D eigenvalue weighted by atomic mass is 10.2. The highest BCUT2D eigenvalue weighted by Gasteiger charge is 2.06. The van der Waals surface area contributed by atoms with Crippen LogP contribution in [0, 0.1) is 6.92 Å². The highest BCUT2D eigenvalue weighted by atomic mass is 16.5. The molecule has 22 heavy (non-hydrogen) atoms. The van der Waals surface area contributed by atoms with E-state index in [2.05, 4.69) is 31.4 Å². The molecule has 0 unspecified atom stereocenters. The molecule has 0 radical (unpaired) electrons. The zero-order chi connectivity index (χ0) is 15.9. The Kier molecular flexibility index (Phi) is 5.60. The summed E-state index contributed by atoms with van der Waals surface area (Å²) in [7, 11) is 5.95. The molecule has 118 valence electrons. The second-order valence-corrected chi connectivity index (χ2v) is 5.32. The number of nitrogens with zero attached hydrogens (tertiary/aromatic N) is 6. The van der Waals surface area contributed by atoms with E-state index < -0.39 is 0 Å². The summed E-state index contributed by atoms with van der Waals surface area (Å²) in [4.78, 5) is 6.17. The van der Waals surface area contributed by atoms with Crippen LogP contribution in [0.2, 0.25) is 0 Å². The van der Waals surface area contributed by atoms with E-state index in [4.69, 9.17) is 4.52 Å². The fourth-order valence-electron chi connectivity index (χ4n) is 1.93. The van der Waals surface area contributed by atoms with E-state index in [-0.39, 0.29) is 0 Å². The topological polar surface area (TPSA) is 72.9 Å². The van der Waals surface area contributed by atoms with Crippen molar-refractivity contribution in [2.24, 2.45) is 7.05 Å². The van der Waals surface area contributed by atoms with Crippen LogP contribution < -0.4 is 0 Å². The maximum absolute atomic E-state index is 4.82. The van der Waals surface area contributed by atoms with Crippen molar-refractivity contribution in [3.05, 3.63) is 41.3 Å². The lowest BCUT2D eigenvalue weighted by Crippen LogP contribution is -2.15. The van der Waals surface area contributed by atoms with Gasteiger partial charge in [-0.25, -0.2) is 4.68 Å². The summed E-state index contributed by atoms with van der Waals surface area (Å²) >= 11 is 0. The summed E-state index contributed by atoms with van der Waals surface area (Å²) in [6.07, 6.45) is 9.88. The molecule has 2 heterocycles. The molecular weight excluding hydrogens is 280 g/mol. The van der Waals surface area contributed by atoms with Gasteiger partial charge < -0.3 is 9.42 Å². The van der Waals surface area contributed by atoms with Gasteiger partial charge in [0.15, 0.2) is 5.82 Å². The molecule has 3 rings (SSSR count). The van der Waals surface area contributed by atoms with Crippen molar-refractivity contribution >= 4 is 6.08 Å². The first-order valence-electron chi connectivity index (χ1n) is 7.22. The predicted octanol–water partition coefficient (Wildman–Crippen LogP) is 1.42. The van der Waals surface area contributed by atoms with Gasteiger partial charge in [-0.3, -0.25) is 0 Å². The number of hydrogen-bond acceptors (Lipinski definition) is 6. The molecule has 0 bridgehead atoms. The maximum Gasteiger partial charge on any atom is 0.223 e. The van der Waals surface area contributed by atoms with Crippen LogP contribution >= 0.6 is 0 Å². The molecule has 0 aromatic carbocycles. The monoisotopic (exact) mass is 302 g/mol. The summed E-state index contributed by atoms with van der Waals surface area (Å²) < 4.78 is 6.61. The van der Waals surface area contributed by atoms with E-state index in [1.54, 1.807) is 11.6 Å². The molecule has 1 aliphatic carbocycles. The van der Waals surface area contributed by atoms with Crippen molar-refractivity contribution in [2.75, 3.05) is 20.6 Å². The van der Waals surface area contributed by atoms with Gasteiger partial charge in [-0.05, 0) is 20.2 Å². The van der Waals surface area contributed by atoms with Crippen LogP contribution in [-0.4, -0.2) is 50.7 Å². The average molecular weight is 302 g/mol. The highest BCUT2D eigenvalue weighted by molar-refractivity contribution is 5.51. The first kappa shape index (κ1) is 16.1. The second kappa shape index (κ2) is 7.65. The molecular formula is C15H22N6O. The van der Waals surface area contributed by atoms with Gasteiger partial charge >= 0.3 is 0 Å². The molecule has 7 nitrogen and oxygen atoms in total. The summed E-state index contributed by atoms with van der Waals surface area (Å²) in [6.45, 7) is 2.76. The Labute approximate surface area is 130 Å². The van der Waals surface area contributed by atoms with Crippen LogP contribution in [0.4, 0.5) is 0 Å². The van der Waals surface area contributed by atoms with E-state index >= 15 is 0 Å². The molecule has 0 spiro atoms. The smallest absolute Gasteiger partial charge is 0.223 e. The number of rotatable bonds is 3. The van der Waals surface area contributed by atoms with Crippen molar-refractivity contribution in [1.82, 2.24) is 30.0 Å². The second-order valence-electron chi connectivity index (χ2n) is 5.32. The number of hydrogen-bond donors (Lipinski definition) is 0. The Bertz CT molecular complexity index is 653. The Balaban J connectivity index is 0.000000160. The Morgan fingerprint density at radius 1 is 1.32 bits per heavy atom. The molecule has 0 saturated carbocycles. The van der Waals surface area contributed by atoms with Crippen molar-refractivity contribution in [2.45, 2.75) is 19.8 Å². The first-order valence-corrected chi connectivity index (χ1v) is 7.22. The minimum atomic E-state index is 0.638. The molecule has 1 aliphatic rings. The zero-order valence-corrected chi connectivity index (χ0v) is 13.5. The van der Waals surface area contributed by atoms with Crippen LogP contribution in [-0.2, 0) is 19.9 Å². The Hall–Kier alpha value is -2.28. The fraction of sp³-hybridized carbons (Fsp3) is 0.467. The van der Waals surface area contributed by atoms with Gasteiger partial charge in [-0.15, -0.1) is 5.10 Å². The normalized spacial score (nSPS) is 12.8.